The minimum absolute atomic E-state index is 0.162. The van der Waals surface area contributed by atoms with Crippen LogP contribution in [0.4, 0.5) is 10.3 Å². The third-order valence-electron chi connectivity index (χ3n) is 3.68. The van der Waals surface area contributed by atoms with E-state index in [1.165, 1.54) is 18.5 Å². The lowest BCUT2D eigenvalue weighted by molar-refractivity contribution is 0.234. The van der Waals surface area contributed by atoms with Gasteiger partial charge in [0, 0.05) is 50.7 Å². The van der Waals surface area contributed by atoms with E-state index in [1.54, 1.807) is 23.7 Å². The lowest BCUT2D eigenvalue weighted by atomic mass is 10.2. The van der Waals surface area contributed by atoms with Crippen molar-refractivity contribution in [2.75, 3.05) is 11.9 Å². The molecule has 7 heteroatoms. The van der Waals surface area contributed by atoms with Crippen LogP contribution in [0, 0.1) is 0 Å². The SMILES string of the molecule is CC(C)(F)CNc1ncc2c(-c3cc4cnccc4s3)c[nH]c2n1. The second kappa shape index (κ2) is 5.52. The van der Waals surface area contributed by atoms with E-state index in [9.17, 15) is 4.39 Å². The number of aromatic nitrogens is 4. The van der Waals surface area contributed by atoms with Crippen molar-refractivity contribution in [3.05, 3.63) is 36.9 Å². The molecule has 0 aliphatic heterocycles. The molecular formula is C17H16FN5S. The summed E-state index contributed by atoms with van der Waals surface area (Å²) in [5.74, 6) is 0.419. The molecule has 0 radical (unpaired) electrons. The van der Waals surface area contributed by atoms with Crippen LogP contribution in [-0.2, 0) is 0 Å². The van der Waals surface area contributed by atoms with E-state index in [4.69, 9.17) is 0 Å². The predicted molar refractivity (Wildman–Crippen MR) is 96.2 cm³/mol. The first-order valence-electron chi connectivity index (χ1n) is 7.60. The number of hydrogen-bond acceptors (Lipinski definition) is 5. The fourth-order valence-corrected chi connectivity index (χ4v) is 3.56. The van der Waals surface area contributed by atoms with Gasteiger partial charge in [0.1, 0.15) is 11.3 Å². The van der Waals surface area contributed by atoms with Crippen LogP contribution in [0.3, 0.4) is 0 Å². The molecule has 0 atom stereocenters. The summed E-state index contributed by atoms with van der Waals surface area (Å²) in [6, 6.07) is 4.13. The molecule has 0 bridgehead atoms. The molecule has 0 fully saturated rings. The Balaban J connectivity index is 1.70. The number of alkyl halides is 1. The molecular weight excluding hydrogens is 325 g/mol. The van der Waals surface area contributed by atoms with Gasteiger partial charge in [0.05, 0.1) is 6.54 Å². The van der Waals surface area contributed by atoms with Crippen LogP contribution in [0.5, 0.6) is 0 Å². The first-order valence-corrected chi connectivity index (χ1v) is 8.42. The lowest BCUT2D eigenvalue weighted by Crippen LogP contribution is -2.25. The molecule has 24 heavy (non-hydrogen) atoms. The van der Waals surface area contributed by atoms with Crippen molar-refractivity contribution in [2.24, 2.45) is 0 Å². The van der Waals surface area contributed by atoms with Crippen molar-refractivity contribution < 1.29 is 4.39 Å². The summed E-state index contributed by atoms with van der Waals surface area (Å²) < 4.78 is 14.8. The van der Waals surface area contributed by atoms with E-state index >= 15 is 0 Å². The van der Waals surface area contributed by atoms with Gasteiger partial charge in [-0.05, 0) is 26.0 Å². The molecule has 4 rings (SSSR count). The highest BCUT2D eigenvalue weighted by Crippen LogP contribution is 2.36. The Hall–Kier alpha value is -2.54. The smallest absolute Gasteiger partial charge is 0.224 e. The highest BCUT2D eigenvalue weighted by Gasteiger charge is 2.16. The maximum atomic E-state index is 13.6. The third-order valence-corrected chi connectivity index (χ3v) is 4.83. The quantitative estimate of drug-likeness (QED) is 0.577. The Morgan fingerprint density at radius 2 is 2.21 bits per heavy atom. The van der Waals surface area contributed by atoms with Gasteiger partial charge in [0.15, 0.2) is 0 Å². The van der Waals surface area contributed by atoms with E-state index in [1.807, 2.05) is 18.5 Å². The first kappa shape index (κ1) is 15.0. The van der Waals surface area contributed by atoms with Crippen LogP contribution in [0.15, 0.2) is 36.9 Å². The Morgan fingerprint density at radius 1 is 1.33 bits per heavy atom. The minimum atomic E-state index is -1.32. The maximum Gasteiger partial charge on any atom is 0.224 e. The summed E-state index contributed by atoms with van der Waals surface area (Å²) in [6.45, 7) is 3.19. The number of rotatable bonds is 4. The van der Waals surface area contributed by atoms with Crippen molar-refractivity contribution in [3.8, 4) is 10.4 Å². The van der Waals surface area contributed by atoms with E-state index in [2.05, 4.69) is 31.3 Å². The molecule has 0 saturated heterocycles. The molecule has 4 aromatic rings. The summed E-state index contributed by atoms with van der Waals surface area (Å²) >= 11 is 1.71. The van der Waals surface area contributed by atoms with Gasteiger partial charge in [0.25, 0.3) is 0 Å². The van der Waals surface area contributed by atoms with E-state index in [0.29, 0.717) is 5.95 Å². The standard InChI is InChI=1S/C17H16FN5S/c1-17(2,18)9-22-16-21-8-12-11(7-20-15(12)23-16)14-5-10-6-19-4-3-13(10)24-14/h3-8H,9H2,1-2H3,(H2,20,21,22,23). The molecule has 4 heterocycles. The van der Waals surface area contributed by atoms with Gasteiger partial charge in [-0.2, -0.15) is 4.98 Å². The molecule has 0 saturated carbocycles. The number of aromatic amines is 1. The van der Waals surface area contributed by atoms with Crippen LogP contribution in [-0.4, -0.2) is 32.1 Å². The van der Waals surface area contributed by atoms with Gasteiger partial charge < -0.3 is 10.3 Å². The van der Waals surface area contributed by atoms with Crippen LogP contribution >= 0.6 is 11.3 Å². The van der Waals surface area contributed by atoms with Gasteiger partial charge in [-0.25, -0.2) is 9.37 Å². The van der Waals surface area contributed by atoms with E-state index in [-0.39, 0.29) is 6.54 Å². The number of nitrogens with zero attached hydrogens (tertiary/aromatic N) is 3. The van der Waals surface area contributed by atoms with E-state index < -0.39 is 5.67 Å². The minimum Gasteiger partial charge on any atom is -0.351 e. The second-order valence-corrected chi connectivity index (χ2v) is 7.34. The van der Waals surface area contributed by atoms with Crippen LogP contribution in [0.2, 0.25) is 0 Å². The Kier molecular flexibility index (Phi) is 3.45. The highest BCUT2D eigenvalue weighted by atomic mass is 32.1. The van der Waals surface area contributed by atoms with Crippen LogP contribution < -0.4 is 5.32 Å². The van der Waals surface area contributed by atoms with Crippen LogP contribution in [0.25, 0.3) is 31.6 Å². The molecule has 122 valence electrons. The number of pyridine rings is 1. The Labute approximate surface area is 142 Å². The van der Waals surface area contributed by atoms with Gasteiger partial charge in [-0.1, -0.05) is 0 Å². The van der Waals surface area contributed by atoms with Crippen molar-refractivity contribution in [2.45, 2.75) is 19.5 Å². The molecule has 0 aromatic carbocycles. The number of H-pyrrole nitrogens is 1. The molecule has 0 amide bonds. The number of nitrogens with one attached hydrogen (secondary N) is 2. The fourth-order valence-electron chi connectivity index (χ4n) is 2.50. The molecule has 4 aromatic heterocycles. The van der Waals surface area contributed by atoms with Gasteiger partial charge >= 0.3 is 0 Å². The Bertz CT molecular complexity index is 982. The van der Waals surface area contributed by atoms with Crippen molar-refractivity contribution in [3.63, 3.8) is 0 Å². The molecule has 0 aliphatic carbocycles. The number of thiophene rings is 1. The number of anilines is 1. The summed E-state index contributed by atoms with van der Waals surface area (Å²) in [7, 11) is 0. The molecule has 0 aliphatic rings. The van der Waals surface area contributed by atoms with Gasteiger partial charge in [-0.3, -0.25) is 4.98 Å². The van der Waals surface area contributed by atoms with Gasteiger partial charge in [0.2, 0.25) is 5.95 Å². The summed E-state index contributed by atoms with van der Waals surface area (Å²) in [5.41, 5.74) is 0.475. The zero-order valence-electron chi connectivity index (χ0n) is 13.3. The predicted octanol–water partition coefficient (Wildman–Crippen LogP) is 4.39. The highest BCUT2D eigenvalue weighted by molar-refractivity contribution is 7.22. The molecule has 0 unspecified atom stereocenters. The van der Waals surface area contributed by atoms with Crippen molar-refractivity contribution >= 4 is 38.4 Å². The average molecular weight is 341 g/mol. The molecule has 5 nitrogen and oxygen atoms in total. The molecule has 2 N–H and O–H groups in total. The number of hydrogen-bond donors (Lipinski definition) is 2. The third kappa shape index (κ3) is 2.82. The largest absolute Gasteiger partial charge is 0.351 e. The lowest BCUT2D eigenvalue weighted by Gasteiger charge is -2.14. The second-order valence-electron chi connectivity index (χ2n) is 6.25. The monoisotopic (exact) mass is 341 g/mol. The van der Waals surface area contributed by atoms with Gasteiger partial charge in [-0.15, -0.1) is 11.3 Å². The Morgan fingerprint density at radius 3 is 3.00 bits per heavy atom. The van der Waals surface area contributed by atoms with Crippen LogP contribution in [0.1, 0.15) is 13.8 Å². The average Bonchev–Trinajstić information content (AvgIpc) is 3.15. The first-order chi connectivity index (χ1) is 11.5. The molecule has 0 spiro atoms. The van der Waals surface area contributed by atoms with Crippen molar-refractivity contribution in [1.82, 2.24) is 19.9 Å². The van der Waals surface area contributed by atoms with E-state index in [0.717, 1.165) is 26.9 Å². The normalized spacial score (nSPS) is 12.1. The zero-order valence-corrected chi connectivity index (χ0v) is 14.1. The topological polar surface area (TPSA) is 66.5 Å². The number of fused-ring (bicyclic) bond motifs is 2. The zero-order chi connectivity index (χ0) is 16.7. The summed E-state index contributed by atoms with van der Waals surface area (Å²) in [5, 5.41) is 4.99. The number of halogens is 1. The van der Waals surface area contributed by atoms with Crippen molar-refractivity contribution in [1.29, 1.82) is 0 Å². The summed E-state index contributed by atoms with van der Waals surface area (Å²) in [6.07, 6.45) is 7.36. The summed E-state index contributed by atoms with van der Waals surface area (Å²) in [4.78, 5) is 17.2. The fraction of sp³-hybridized carbons (Fsp3) is 0.235. The maximum absolute atomic E-state index is 13.6.